The van der Waals surface area contributed by atoms with E-state index in [0.29, 0.717) is 36.2 Å². The van der Waals surface area contributed by atoms with Crippen molar-refractivity contribution < 1.29 is 18.5 Å². The van der Waals surface area contributed by atoms with Crippen LogP contribution in [0.1, 0.15) is 11.3 Å². The van der Waals surface area contributed by atoms with Gasteiger partial charge in [-0.05, 0) is 29.3 Å². The van der Waals surface area contributed by atoms with Crippen molar-refractivity contribution in [3.8, 4) is 16.9 Å². The van der Waals surface area contributed by atoms with Crippen LogP contribution in [0.5, 0.6) is 5.75 Å². The first-order chi connectivity index (χ1) is 13.7. The fourth-order valence-corrected chi connectivity index (χ4v) is 4.01. The molecule has 2 aromatic carbocycles. The van der Waals surface area contributed by atoms with Crippen LogP contribution in [0.2, 0.25) is 5.02 Å². The van der Waals surface area contributed by atoms with Crippen molar-refractivity contribution in [1.82, 2.24) is 0 Å². The summed E-state index contributed by atoms with van der Waals surface area (Å²) < 4.78 is 17.0. The summed E-state index contributed by atoms with van der Waals surface area (Å²) in [5.74, 6) is 1.46. The number of hydrogen-bond donors (Lipinski definition) is 1. The topological polar surface area (TPSA) is 57.0 Å². The normalized spacial score (nSPS) is 16.0. The van der Waals surface area contributed by atoms with Crippen LogP contribution in [0.3, 0.4) is 0 Å². The van der Waals surface area contributed by atoms with E-state index in [9.17, 15) is 4.79 Å². The highest BCUT2D eigenvalue weighted by Crippen LogP contribution is 2.39. The minimum Gasteiger partial charge on any atom is -0.463 e. The number of hydrogen-bond acceptors (Lipinski definition) is 4. The van der Waals surface area contributed by atoms with E-state index in [1.165, 1.54) is 6.07 Å². The van der Waals surface area contributed by atoms with Crippen LogP contribution in [0.25, 0.3) is 22.1 Å². The molecule has 5 rings (SSSR count). The Morgan fingerprint density at radius 1 is 1.07 bits per heavy atom. The van der Waals surface area contributed by atoms with Gasteiger partial charge in [-0.1, -0.05) is 41.9 Å². The molecule has 3 heterocycles. The molecule has 0 bridgehead atoms. The number of rotatable bonds is 3. The number of quaternary nitrogens is 1. The van der Waals surface area contributed by atoms with Gasteiger partial charge in [0.05, 0.1) is 16.8 Å². The number of ether oxygens (including phenoxy) is 1. The summed E-state index contributed by atoms with van der Waals surface area (Å²) in [5.41, 5.74) is 2.68. The van der Waals surface area contributed by atoms with Crippen molar-refractivity contribution >= 4 is 22.6 Å². The molecule has 140 valence electrons. The molecular formula is C22H17ClNO4+. The Hall–Kier alpha value is -3.02. The van der Waals surface area contributed by atoms with Crippen LogP contribution >= 0.6 is 11.6 Å². The minimum atomic E-state index is -0.394. The molecule has 4 aromatic rings. The fraction of sp³-hybridized carbons (Fsp3) is 0.136. The lowest BCUT2D eigenvalue weighted by molar-refractivity contribution is -0.946. The first-order valence-corrected chi connectivity index (χ1v) is 9.40. The maximum Gasteiger partial charge on any atom is 0.336 e. The SMILES string of the molecule is O=c1cc(-c2ccccc2)c2cc(Cl)c3c(c2o1)C[NH+](Cc1ccco1)CO3. The third kappa shape index (κ3) is 2.99. The molecule has 2 aromatic heterocycles. The first kappa shape index (κ1) is 17.1. The molecule has 5 nitrogen and oxygen atoms in total. The average molecular weight is 395 g/mol. The molecule has 0 saturated heterocycles. The Labute approximate surface area is 165 Å². The molecule has 1 unspecified atom stereocenters. The van der Waals surface area contributed by atoms with E-state index in [1.807, 2.05) is 48.5 Å². The molecule has 1 atom stereocenters. The smallest absolute Gasteiger partial charge is 0.336 e. The average Bonchev–Trinajstić information content (AvgIpc) is 3.22. The van der Waals surface area contributed by atoms with Crippen LogP contribution in [-0.2, 0) is 13.1 Å². The van der Waals surface area contributed by atoms with Crippen molar-refractivity contribution in [1.29, 1.82) is 0 Å². The summed E-state index contributed by atoms with van der Waals surface area (Å²) in [5, 5.41) is 1.32. The van der Waals surface area contributed by atoms with Gasteiger partial charge in [-0.15, -0.1) is 0 Å². The maximum absolute atomic E-state index is 12.3. The molecule has 1 aliphatic rings. The van der Waals surface area contributed by atoms with Gasteiger partial charge in [0.15, 0.2) is 17.1 Å². The third-order valence-electron chi connectivity index (χ3n) is 4.97. The Bertz CT molecular complexity index is 1200. The van der Waals surface area contributed by atoms with Gasteiger partial charge in [-0.2, -0.15) is 0 Å². The fourth-order valence-electron chi connectivity index (χ4n) is 3.73. The van der Waals surface area contributed by atoms with Gasteiger partial charge in [0, 0.05) is 11.5 Å². The van der Waals surface area contributed by atoms with Crippen molar-refractivity contribution in [2.75, 3.05) is 6.73 Å². The zero-order valence-electron chi connectivity index (χ0n) is 14.9. The molecule has 0 saturated carbocycles. The molecular weight excluding hydrogens is 378 g/mol. The molecule has 1 N–H and O–H groups in total. The second-order valence-electron chi connectivity index (χ2n) is 6.86. The Kier molecular flexibility index (Phi) is 4.19. The predicted octanol–water partition coefficient (Wildman–Crippen LogP) is 3.64. The van der Waals surface area contributed by atoms with Crippen LogP contribution < -0.4 is 15.3 Å². The number of halogens is 1. The lowest BCUT2D eigenvalue weighted by Gasteiger charge is -2.26. The zero-order chi connectivity index (χ0) is 19.1. The van der Waals surface area contributed by atoms with E-state index in [4.69, 9.17) is 25.2 Å². The summed E-state index contributed by atoms with van der Waals surface area (Å²) in [7, 11) is 0. The lowest BCUT2D eigenvalue weighted by atomic mass is 9.99. The van der Waals surface area contributed by atoms with Crippen molar-refractivity contribution in [2.45, 2.75) is 13.1 Å². The Balaban J connectivity index is 1.66. The molecule has 28 heavy (non-hydrogen) atoms. The van der Waals surface area contributed by atoms with E-state index < -0.39 is 5.63 Å². The van der Waals surface area contributed by atoms with Crippen LogP contribution in [0.4, 0.5) is 0 Å². The van der Waals surface area contributed by atoms with E-state index >= 15 is 0 Å². The second-order valence-corrected chi connectivity index (χ2v) is 7.27. The van der Waals surface area contributed by atoms with Gasteiger partial charge < -0.3 is 13.6 Å². The summed E-state index contributed by atoms with van der Waals surface area (Å²) in [6.07, 6.45) is 1.66. The summed E-state index contributed by atoms with van der Waals surface area (Å²) in [4.78, 5) is 13.5. The number of fused-ring (bicyclic) bond motifs is 3. The molecule has 6 heteroatoms. The maximum atomic E-state index is 12.3. The third-order valence-corrected chi connectivity index (χ3v) is 5.25. The molecule has 0 fully saturated rings. The largest absolute Gasteiger partial charge is 0.463 e. The molecule has 0 spiro atoms. The summed E-state index contributed by atoms with van der Waals surface area (Å²) in [6.45, 7) is 1.75. The Morgan fingerprint density at radius 2 is 1.93 bits per heavy atom. The van der Waals surface area contributed by atoms with Crippen molar-refractivity contribution in [3.05, 3.63) is 87.6 Å². The lowest BCUT2D eigenvalue weighted by Crippen LogP contribution is -3.10. The zero-order valence-corrected chi connectivity index (χ0v) is 15.7. The highest BCUT2D eigenvalue weighted by molar-refractivity contribution is 6.33. The quantitative estimate of drug-likeness (QED) is 0.539. The van der Waals surface area contributed by atoms with Gasteiger partial charge in [-0.3, -0.25) is 4.90 Å². The van der Waals surface area contributed by atoms with E-state index in [2.05, 4.69) is 0 Å². The van der Waals surface area contributed by atoms with E-state index in [0.717, 1.165) is 32.7 Å². The standard InChI is InChI=1S/C22H16ClNO4/c23-19-9-17-16(14-5-2-1-3-6-14)10-20(25)28-21(17)18-12-24(13-27-22(18)19)11-15-7-4-8-26-15/h1-10H,11-13H2/p+1. The van der Waals surface area contributed by atoms with E-state index in [1.54, 1.807) is 6.26 Å². The number of nitrogens with one attached hydrogen (secondary N) is 1. The van der Waals surface area contributed by atoms with E-state index in [-0.39, 0.29) is 0 Å². The van der Waals surface area contributed by atoms with Crippen LogP contribution in [0, 0.1) is 0 Å². The monoisotopic (exact) mass is 394 g/mol. The Morgan fingerprint density at radius 3 is 2.71 bits per heavy atom. The number of furan rings is 1. The molecule has 0 amide bonds. The molecule has 0 aliphatic carbocycles. The molecule has 0 radical (unpaired) electrons. The van der Waals surface area contributed by atoms with Crippen molar-refractivity contribution in [3.63, 3.8) is 0 Å². The van der Waals surface area contributed by atoms with Gasteiger partial charge in [0.25, 0.3) is 0 Å². The molecule has 1 aliphatic heterocycles. The van der Waals surface area contributed by atoms with Crippen LogP contribution in [-0.4, -0.2) is 6.73 Å². The highest BCUT2D eigenvalue weighted by Gasteiger charge is 2.28. The number of benzene rings is 2. The summed E-state index contributed by atoms with van der Waals surface area (Å²) in [6, 6.07) is 16.9. The first-order valence-electron chi connectivity index (χ1n) is 9.02. The van der Waals surface area contributed by atoms with Gasteiger partial charge in [0.2, 0.25) is 6.73 Å². The minimum absolute atomic E-state index is 0.394. The van der Waals surface area contributed by atoms with Gasteiger partial charge in [0.1, 0.15) is 13.1 Å². The predicted molar refractivity (Wildman–Crippen MR) is 106 cm³/mol. The highest BCUT2D eigenvalue weighted by atomic mass is 35.5. The van der Waals surface area contributed by atoms with Crippen molar-refractivity contribution in [2.24, 2.45) is 0 Å². The van der Waals surface area contributed by atoms with Crippen LogP contribution in [0.15, 0.2) is 74.5 Å². The summed E-state index contributed by atoms with van der Waals surface area (Å²) >= 11 is 6.54. The second kappa shape index (κ2) is 6.86. The van der Waals surface area contributed by atoms with Gasteiger partial charge in [-0.25, -0.2) is 4.79 Å². The van der Waals surface area contributed by atoms with Gasteiger partial charge >= 0.3 is 5.63 Å².